The van der Waals surface area contributed by atoms with Gasteiger partial charge < -0.3 is 24.5 Å². The SMILES string of the molecule is CCCCCC(=O)/C=C/C=C\CCCCCCCC(=O)OC[C@H](COP(=O)(O)OCCN)OC(=O)CCCCCCCCCCCCc1oc(CCCCC)c(C)c1C. The third-order valence-electron chi connectivity index (χ3n) is 10.5. The molecule has 0 aromatic carbocycles. The zero-order chi connectivity index (χ0) is 43.4. The van der Waals surface area contributed by atoms with Gasteiger partial charge >= 0.3 is 19.8 Å². The lowest BCUT2D eigenvalue weighted by molar-refractivity contribution is -0.161. The van der Waals surface area contributed by atoms with Gasteiger partial charge in [-0.3, -0.25) is 23.4 Å². The first-order chi connectivity index (χ1) is 28.5. The number of allylic oxidation sites excluding steroid dienone is 4. The minimum Gasteiger partial charge on any atom is -0.466 e. The van der Waals surface area contributed by atoms with Crippen molar-refractivity contribution in [3.8, 4) is 0 Å². The highest BCUT2D eigenvalue weighted by Gasteiger charge is 2.26. The van der Waals surface area contributed by atoms with E-state index in [9.17, 15) is 23.8 Å². The summed E-state index contributed by atoms with van der Waals surface area (Å²) in [6.07, 6.45) is 32.9. The van der Waals surface area contributed by atoms with Gasteiger partial charge in [0.1, 0.15) is 18.1 Å². The number of hydrogen-bond donors (Lipinski definition) is 2. The molecule has 0 bridgehead atoms. The summed E-state index contributed by atoms with van der Waals surface area (Å²) in [5, 5.41) is 0. The van der Waals surface area contributed by atoms with Crippen LogP contribution in [0.25, 0.3) is 0 Å². The van der Waals surface area contributed by atoms with E-state index in [-0.39, 0.29) is 38.4 Å². The molecule has 0 fully saturated rings. The molecule has 0 saturated carbocycles. The van der Waals surface area contributed by atoms with Crippen LogP contribution in [0.4, 0.5) is 0 Å². The van der Waals surface area contributed by atoms with E-state index < -0.39 is 32.5 Å². The first-order valence-electron chi connectivity index (χ1n) is 23.1. The van der Waals surface area contributed by atoms with Crippen LogP contribution >= 0.6 is 7.82 Å². The fraction of sp³-hybridized carbons (Fsp3) is 0.766. The average Bonchev–Trinajstić information content (AvgIpc) is 3.48. The van der Waals surface area contributed by atoms with Gasteiger partial charge in [0.15, 0.2) is 11.9 Å². The normalized spacial score (nSPS) is 13.3. The van der Waals surface area contributed by atoms with Gasteiger partial charge in [-0.2, -0.15) is 0 Å². The molecule has 0 aliphatic carbocycles. The number of esters is 2. The van der Waals surface area contributed by atoms with Gasteiger partial charge in [0, 0.05) is 38.6 Å². The van der Waals surface area contributed by atoms with E-state index in [1.807, 2.05) is 12.2 Å². The van der Waals surface area contributed by atoms with Crippen LogP contribution in [0, 0.1) is 13.8 Å². The maximum Gasteiger partial charge on any atom is 0.472 e. The molecule has 0 radical (unpaired) electrons. The molecule has 2 atom stereocenters. The number of rotatable bonds is 40. The lowest BCUT2D eigenvalue weighted by atomic mass is 10.0. The number of phosphoric ester groups is 1. The molecule has 1 rings (SSSR count). The summed E-state index contributed by atoms with van der Waals surface area (Å²) >= 11 is 0. The molecule has 1 aromatic heterocycles. The summed E-state index contributed by atoms with van der Waals surface area (Å²) in [4.78, 5) is 46.8. The predicted molar refractivity (Wildman–Crippen MR) is 237 cm³/mol. The van der Waals surface area contributed by atoms with E-state index in [2.05, 4.69) is 33.8 Å². The molecular weight excluding hydrogens is 769 g/mol. The number of hydrogen-bond acceptors (Lipinski definition) is 10. The second-order valence-electron chi connectivity index (χ2n) is 15.9. The molecule has 1 aromatic rings. The Bertz CT molecular complexity index is 1360. The van der Waals surface area contributed by atoms with Gasteiger partial charge in [-0.15, -0.1) is 0 Å². The molecule has 0 amide bonds. The number of carbonyl (C=O) groups is 3. The molecule has 59 heavy (non-hydrogen) atoms. The molecule has 340 valence electrons. The van der Waals surface area contributed by atoms with Crippen LogP contribution in [0.15, 0.2) is 28.7 Å². The minimum atomic E-state index is -4.41. The summed E-state index contributed by atoms with van der Waals surface area (Å²) in [6.45, 7) is 7.86. The van der Waals surface area contributed by atoms with Crippen LogP contribution in [0.2, 0.25) is 0 Å². The second kappa shape index (κ2) is 36.1. The average molecular weight is 852 g/mol. The summed E-state index contributed by atoms with van der Waals surface area (Å²) < 4.78 is 39.0. The van der Waals surface area contributed by atoms with Crippen molar-refractivity contribution in [1.29, 1.82) is 0 Å². The maximum atomic E-state index is 12.7. The first kappa shape index (κ1) is 54.5. The Labute approximate surface area is 357 Å². The van der Waals surface area contributed by atoms with Crippen molar-refractivity contribution in [2.75, 3.05) is 26.4 Å². The molecule has 0 saturated heterocycles. The van der Waals surface area contributed by atoms with Crippen LogP contribution < -0.4 is 5.73 Å². The largest absolute Gasteiger partial charge is 0.472 e. The third kappa shape index (κ3) is 30.2. The number of nitrogens with two attached hydrogens (primary N) is 1. The Morgan fingerprint density at radius 3 is 1.76 bits per heavy atom. The van der Waals surface area contributed by atoms with Crippen molar-refractivity contribution >= 4 is 25.5 Å². The highest BCUT2D eigenvalue weighted by atomic mass is 31.2. The van der Waals surface area contributed by atoms with Gasteiger partial charge in [0.25, 0.3) is 0 Å². The van der Waals surface area contributed by atoms with Crippen LogP contribution in [0.5, 0.6) is 0 Å². The van der Waals surface area contributed by atoms with Crippen LogP contribution in [0.3, 0.4) is 0 Å². The zero-order valence-electron chi connectivity index (χ0n) is 37.5. The summed E-state index contributed by atoms with van der Waals surface area (Å²) in [7, 11) is -4.41. The highest BCUT2D eigenvalue weighted by Crippen LogP contribution is 2.43. The summed E-state index contributed by atoms with van der Waals surface area (Å²) in [5.74, 6) is 1.63. The Hall–Kier alpha value is -2.56. The number of unbranched alkanes of at least 4 members (excludes halogenated alkanes) is 18. The molecular formula is C47H82NO10P. The molecule has 3 N–H and O–H groups in total. The Kier molecular flexibility index (Phi) is 33.3. The number of ether oxygens (including phenoxy) is 2. The minimum absolute atomic E-state index is 0.0354. The smallest absolute Gasteiger partial charge is 0.466 e. The van der Waals surface area contributed by atoms with Gasteiger partial charge in [-0.05, 0) is 76.0 Å². The van der Waals surface area contributed by atoms with Gasteiger partial charge in [0.2, 0.25) is 0 Å². The first-order valence-corrected chi connectivity index (χ1v) is 24.6. The quantitative estimate of drug-likeness (QED) is 0.0212. The van der Waals surface area contributed by atoms with Gasteiger partial charge in [-0.1, -0.05) is 128 Å². The van der Waals surface area contributed by atoms with Gasteiger partial charge in [-0.25, -0.2) is 4.57 Å². The predicted octanol–water partition coefficient (Wildman–Crippen LogP) is 12.0. The van der Waals surface area contributed by atoms with Crippen LogP contribution in [-0.4, -0.2) is 55.1 Å². The zero-order valence-corrected chi connectivity index (χ0v) is 38.3. The number of furan rings is 1. The van der Waals surface area contributed by atoms with Crippen molar-refractivity contribution in [3.05, 3.63) is 47.0 Å². The monoisotopic (exact) mass is 852 g/mol. The van der Waals surface area contributed by atoms with Gasteiger partial charge in [0.05, 0.1) is 13.2 Å². The van der Waals surface area contributed by atoms with Crippen molar-refractivity contribution in [2.24, 2.45) is 5.73 Å². The van der Waals surface area contributed by atoms with E-state index in [0.29, 0.717) is 19.3 Å². The summed E-state index contributed by atoms with van der Waals surface area (Å²) in [5.41, 5.74) is 8.03. The molecule has 1 unspecified atom stereocenters. The number of aryl methyl sites for hydroxylation is 2. The van der Waals surface area contributed by atoms with Crippen molar-refractivity contribution < 1.29 is 46.8 Å². The number of ketones is 1. The van der Waals surface area contributed by atoms with E-state index >= 15 is 0 Å². The van der Waals surface area contributed by atoms with Crippen LogP contribution in [0.1, 0.15) is 197 Å². The standard InChI is InChI=1S/C47H82NO10P/c1-5-7-24-30-42(49)31-26-20-16-12-11-15-18-22-28-34-46(50)54-38-43(39-56-59(52,53)55-37-36-48)57-47(51)35-29-23-19-14-10-9-13-17-21-27-33-45-41(4)40(3)44(58-45)32-25-8-6-2/h16,20,26,31,43H,5-15,17-19,21-25,27-30,32-39,48H2,1-4H3,(H,52,53)/b20-16-,31-26+/t43-/m1/s1. The Morgan fingerprint density at radius 2 is 1.17 bits per heavy atom. The molecule has 0 aliphatic rings. The maximum absolute atomic E-state index is 12.7. The van der Waals surface area contributed by atoms with E-state index in [4.69, 9.17) is 28.7 Å². The fourth-order valence-corrected chi connectivity index (χ4v) is 7.50. The van der Waals surface area contributed by atoms with Crippen LogP contribution in [-0.2, 0) is 50.3 Å². The lowest BCUT2D eigenvalue weighted by Crippen LogP contribution is -2.29. The van der Waals surface area contributed by atoms with Crippen molar-refractivity contribution in [2.45, 2.75) is 207 Å². The molecule has 0 spiro atoms. The lowest BCUT2D eigenvalue weighted by Gasteiger charge is -2.19. The molecule has 0 aliphatic heterocycles. The fourth-order valence-electron chi connectivity index (χ4n) is 6.74. The van der Waals surface area contributed by atoms with E-state index in [0.717, 1.165) is 83.5 Å². The summed E-state index contributed by atoms with van der Waals surface area (Å²) in [6, 6.07) is 0. The van der Waals surface area contributed by atoms with E-state index in [1.54, 1.807) is 6.08 Å². The third-order valence-corrected chi connectivity index (χ3v) is 11.5. The number of carbonyl (C=O) groups excluding carboxylic acids is 3. The topological polar surface area (TPSA) is 165 Å². The van der Waals surface area contributed by atoms with Crippen molar-refractivity contribution in [1.82, 2.24) is 0 Å². The molecule has 1 heterocycles. The molecule has 12 heteroatoms. The Morgan fingerprint density at radius 1 is 0.661 bits per heavy atom. The second-order valence-corrected chi connectivity index (χ2v) is 17.3. The van der Waals surface area contributed by atoms with Crippen molar-refractivity contribution in [3.63, 3.8) is 0 Å². The molecule has 11 nitrogen and oxygen atoms in total. The number of phosphoric acid groups is 1. The Balaban J connectivity index is 2.24. The highest BCUT2D eigenvalue weighted by molar-refractivity contribution is 7.47. The van der Waals surface area contributed by atoms with E-state index in [1.165, 1.54) is 80.4 Å².